The summed E-state index contributed by atoms with van der Waals surface area (Å²) < 4.78 is 82.0. The Bertz CT molecular complexity index is 1920. The number of nitrogen functional groups attached to an aromatic ring is 1. The predicted molar refractivity (Wildman–Crippen MR) is 176 cm³/mol. The van der Waals surface area contributed by atoms with Gasteiger partial charge >= 0.3 is 5.51 Å². The van der Waals surface area contributed by atoms with E-state index in [0.29, 0.717) is 61.7 Å². The quantitative estimate of drug-likeness (QED) is 0.110. The summed E-state index contributed by atoms with van der Waals surface area (Å²) in [6.45, 7) is 2.24. The third kappa shape index (κ3) is 7.71. The van der Waals surface area contributed by atoms with Gasteiger partial charge in [0.25, 0.3) is 10.0 Å². The number of thioether (sulfide) groups is 1. The molecule has 0 amide bonds. The first kappa shape index (κ1) is 34.4. The summed E-state index contributed by atoms with van der Waals surface area (Å²) in [5.74, 6) is -0.305. The largest absolute Gasteiger partial charge is 0.446 e. The number of sulfonamides is 1. The van der Waals surface area contributed by atoms with Crippen LogP contribution >= 0.6 is 23.4 Å². The number of piperidine rings is 1. The number of hydrogen-bond donors (Lipinski definition) is 3. The maximum Gasteiger partial charge on any atom is 0.446 e. The van der Waals surface area contributed by atoms with E-state index in [1.54, 1.807) is 18.2 Å². The van der Waals surface area contributed by atoms with Crippen molar-refractivity contribution in [2.24, 2.45) is 0 Å². The number of nitrogens with one attached hydrogen (secondary N) is 1. The molecule has 6 rings (SSSR count). The molecule has 2 aliphatic heterocycles. The number of rotatable bonds is 8. The molecule has 2 aliphatic rings. The summed E-state index contributed by atoms with van der Waals surface area (Å²) in [7, 11) is -4.32. The lowest BCUT2D eigenvalue weighted by Gasteiger charge is -2.46. The van der Waals surface area contributed by atoms with Crippen molar-refractivity contribution in [3.63, 3.8) is 0 Å². The van der Waals surface area contributed by atoms with Crippen molar-refractivity contribution in [3.8, 4) is 11.1 Å². The van der Waals surface area contributed by atoms with Gasteiger partial charge in [-0.25, -0.2) is 22.8 Å². The molecule has 4 N–H and O–H groups in total. The Morgan fingerprint density at radius 3 is 2.46 bits per heavy atom. The van der Waals surface area contributed by atoms with Gasteiger partial charge < -0.3 is 10.8 Å². The second-order valence-corrected chi connectivity index (χ2v) is 15.0. The van der Waals surface area contributed by atoms with Crippen molar-refractivity contribution < 1.29 is 31.1 Å². The molecule has 9 nitrogen and oxygen atoms in total. The Labute approximate surface area is 284 Å². The van der Waals surface area contributed by atoms with Crippen LogP contribution in [0.5, 0.6) is 0 Å². The molecular weight excluding hydrogens is 692 g/mol. The number of likely N-dealkylation sites (tertiary alicyclic amines) is 1. The fourth-order valence-corrected chi connectivity index (χ4v) is 8.00. The molecule has 1 aromatic heterocycles. The van der Waals surface area contributed by atoms with Crippen molar-refractivity contribution in [2.75, 3.05) is 30.1 Å². The molecule has 4 aromatic rings. The Morgan fingerprint density at radius 2 is 1.75 bits per heavy atom. The topological polar surface area (TPSA) is 125 Å². The van der Waals surface area contributed by atoms with Gasteiger partial charge in [-0.15, -0.1) is 0 Å². The third-order valence-electron chi connectivity index (χ3n) is 8.62. The van der Waals surface area contributed by atoms with E-state index in [0.717, 1.165) is 34.9 Å². The monoisotopic (exact) mass is 722 g/mol. The van der Waals surface area contributed by atoms with E-state index >= 15 is 0 Å². The van der Waals surface area contributed by atoms with Crippen LogP contribution in [0.3, 0.4) is 0 Å². The van der Waals surface area contributed by atoms with Gasteiger partial charge in [-0.3, -0.25) is 14.5 Å². The van der Waals surface area contributed by atoms with Gasteiger partial charge in [0, 0.05) is 66.7 Å². The minimum absolute atomic E-state index is 0.0230. The number of nitrogens with two attached hydrogens (primary N) is 1. The Kier molecular flexibility index (Phi) is 9.63. The van der Waals surface area contributed by atoms with E-state index in [9.17, 15) is 31.1 Å². The minimum atomic E-state index is -4.65. The summed E-state index contributed by atoms with van der Waals surface area (Å²) in [6.07, 6.45) is 2.38. The Balaban J connectivity index is 1.12. The number of hydrogen-bond acceptors (Lipinski definition) is 9. The fraction of sp³-hybridized carbons (Fsp3) is 0.312. The zero-order valence-electron chi connectivity index (χ0n) is 25.3. The highest BCUT2D eigenvalue weighted by molar-refractivity contribution is 8.00. The van der Waals surface area contributed by atoms with E-state index < -0.39 is 42.8 Å². The van der Waals surface area contributed by atoms with E-state index in [4.69, 9.17) is 17.3 Å². The van der Waals surface area contributed by atoms with Crippen LogP contribution in [-0.4, -0.2) is 64.2 Å². The number of aromatic nitrogens is 2. The number of aliphatic hydroxyl groups is 1. The van der Waals surface area contributed by atoms with Crippen molar-refractivity contribution in [2.45, 2.75) is 53.4 Å². The van der Waals surface area contributed by atoms with Crippen molar-refractivity contribution >= 4 is 44.9 Å². The molecule has 1 fully saturated rings. The van der Waals surface area contributed by atoms with E-state index in [1.165, 1.54) is 18.5 Å². The first-order valence-electron chi connectivity index (χ1n) is 14.9. The van der Waals surface area contributed by atoms with E-state index in [1.807, 2.05) is 17.0 Å². The van der Waals surface area contributed by atoms with Crippen LogP contribution in [0, 0.1) is 5.82 Å². The fourth-order valence-electron chi connectivity index (χ4n) is 6.11. The van der Waals surface area contributed by atoms with Gasteiger partial charge in [-0.1, -0.05) is 29.8 Å². The number of anilines is 2. The molecule has 48 heavy (non-hydrogen) atoms. The third-order valence-corrected chi connectivity index (χ3v) is 11.0. The average molecular weight is 723 g/mol. The average Bonchev–Trinajstić information content (AvgIpc) is 3.03. The first-order chi connectivity index (χ1) is 22.7. The van der Waals surface area contributed by atoms with Crippen LogP contribution in [0.25, 0.3) is 11.1 Å². The highest BCUT2D eigenvalue weighted by Crippen LogP contribution is 2.41. The van der Waals surface area contributed by atoms with Crippen molar-refractivity contribution in [1.29, 1.82) is 0 Å². The number of nitrogens with zero attached hydrogens (tertiary/aromatic N) is 4. The first-order valence-corrected chi connectivity index (χ1v) is 17.6. The Morgan fingerprint density at radius 1 is 1.02 bits per heavy atom. The van der Waals surface area contributed by atoms with E-state index in [-0.39, 0.29) is 23.9 Å². The second kappa shape index (κ2) is 13.4. The number of benzene rings is 3. The second-order valence-electron chi connectivity index (χ2n) is 11.7. The lowest BCUT2D eigenvalue weighted by atomic mass is 9.93. The molecule has 1 saturated heterocycles. The molecule has 0 aliphatic carbocycles. The smallest absolute Gasteiger partial charge is 0.398 e. The normalized spacial score (nSPS) is 17.2. The standard InChI is InChI=1S/C32H31ClF4N6O3S2/c33-22-3-1-20(2-4-22)25-7-5-23(34)15-21(25)17-42-13-10-31(44,11-14-42)43-12-9-26-28(18-43)39-19-40-30(26)41-48(45,46)24-6-8-27(38)29(16-24)47-32(35,36)37/h1-8,15-16,19,44H,9-14,17-18,38H2,(H,39,40,41). The highest BCUT2D eigenvalue weighted by Gasteiger charge is 2.40. The molecule has 0 bridgehead atoms. The molecular formula is C32H31ClF4N6O3S2. The molecule has 0 saturated carbocycles. The van der Waals surface area contributed by atoms with Crippen LogP contribution in [-0.2, 0) is 29.5 Å². The van der Waals surface area contributed by atoms with Crippen LogP contribution in [0.15, 0.2) is 76.8 Å². The van der Waals surface area contributed by atoms with Gasteiger partial charge in [0.15, 0.2) is 0 Å². The van der Waals surface area contributed by atoms with Crippen LogP contribution in [0.1, 0.15) is 29.7 Å². The highest BCUT2D eigenvalue weighted by atomic mass is 35.5. The van der Waals surface area contributed by atoms with Crippen molar-refractivity contribution in [1.82, 2.24) is 19.8 Å². The van der Waals surface area contributed by atoms with Gasteiger partial charge in [-0.05, 0) is 77.3 Å². The number of halogens is 5. The number of alkyl halides is 3. The summed E-state index contributed by atoms with van der Waals surface area (Å²) in [6, 6.07) is 15.2. The van der Waals surface area contributed by atoms with Crippen molar-refractivity contribution in [3.05, 3.63) is 94.7 Å². The van der Waals surface area contributed by atoms with Crippen LogP contribution in [0.2, 0.25) is 5.02 Å². The van der Waals surface area contributed by atoms with Gasteiger partial charge in [0.05, 0.1) is 10.6 Å². The molecule has 0 radical (unpaired) electrons. The van der Waals surface area contributed by atoms with Gasteiger partial charge in [0.1, 0.15) is 23.7 Å². The molecule has 0 atom stereocenters. The van der Waals surface area contributed by atoms with Crippen LogP contribution < -0.4 is 10.5 Å². The molecule has 0 unspecified atom stereocenters. The van der Waals surface area contributed by atoms with Gasteiger partial charge in [0.2, 0.25) is 0 Å². The lowest BCUT2D eigenvalue weighted by molar-refractivity contribution is -0.150. The molecule has 3 aromatic carbocycles. The molecule has 3 heterocycles. The SMILES string of the molecule is Nc1ccc(S(=O)(=O)Nc2ncnc3c2CCN(C2(O)CCN(Cc4cc(F)ccc4-c4ccc(Cl)cc4)CC2)C3)cc1SC(F)(F)F. The molecule has 0 spiro atoms. The summed E-state index contributed by atoms with van der Waals surface area (Å²) in [5.41, 5.74) is 3.39. The summed E-state index contributed by atoms with van der Waals surface area (Å²) >= 11 is 5.56. The summed E-state index contributed by atoms with van der Waals surface area (Å²) in [5, 5.41) is 12.3. The summed E-state index contributed by atoms with van der Waals surface area (Å²) in [4.78, 5) is 11.7. The van der Waals surface area contributed by atoms with Crippen LogP contribution in [0.4, 0.5) is 29.1 Å². The maximum absolute atomic E-state index is 14.3. The van der Waals surface area contributed by atoms with Gasteiger partial charge in [-0.2, -0.15) is 13.2 Å². The lowest BCUT2D eigenvalue weighted by Crippen LogP contribution is -2.56. The zero-order valence-corrected chi connectivity index (χ0v) is 27.7. The minimum Gasteiger partial charge on any atom is -0.398 e. The zero-order chi connectivity index (χ0) is 34.3. The molecule has 254 valence electrons. The molecule has 16 heteroatoms. The number of fused-ring (bicyclic) bond motifs is 1. The predicted octanol–water partition coefficient (Wildman–Crippen LogP) is 6.27. The Hall–Kier alpha value is -3.47. The maximum atomic E-state index is 14.3. The van der Waals surface area contributed by atoms with E-state index in [2.05, 4.69) is 19.6 Å².